The molecule has 0 aromatic heterocycles. The van der Waals surface area contributed by atoms with Gasteiger partial charge in [0.15, 0.2) is 0 Å². The van der Waals surface area contributed by atoms with Crippen LogP contribution in [0.3, 0.4) is 0 Å². The highest BCUT2D eigenvalue weighted by Gasteiger charge is 2.27. The van der Waals surface area contributed by atoms with Gasteiger partial charge in [0.25, 0.3) is 0 Å². The Morgan fingerprint density at radius 2 is 0.705 bits per heavy atom. The third-order valence-corrected chi connectivity index (χ3v) is 12.3. The van der Waals surface area contributed by atoms with E-state index in [1.165, 1.54) is 35.4 Å². The summed E-state index contributed by atoms with van der Waals surface area (Å²) in [6.45, 7) is 15.0. The van der Waals surface area contributed by atoms with E-state index in [9.17, 15) is 18.6 Å². The van der Waals surface area contributed by atoms with Gasteiger partial charge in [0.2, 0.25) is 9.84 Å². The van der Waals surface area contributed by atoms with Gasteiger partial charge in [-0.05, 0) is 144 Å². The van der Waals surface area contributed by atoms with Gasteiger partial charge in [-0.2, -0.15) is 0 Å². The molecular formula is C52H58O8S. The maximum atomic E-state index is 14.8. The molecule has 6 rings (SSSR count). The molecular weight excluding hydrogens is 785 g/mol. The number of hydrogen-bond acceptors (Lipinski definition) is 8. The highest BCUT2D eigenvalue weighted by molar-refractivity contribution is 7.91. The third-order valence-electron chi connectivity index (χ3n) is 10.4. The van der Waals surface area contributed by atoms with Crippen LogP contribution in [0.15, 0.2) is 143 Å². The van der Waals surface area contributed by atoms with Crippen molar-refractivity contribution in [3.8, 4) is 56.8 Å². The quantitative estimate of drug-likeness (QED) is 0.0823. The number of phenols is 2. The molecule has 2 N–H and O–H groups in total. The van der Waals surface area contributed by atoms with Crippen LogP contribution in [0.1, 0.15) is 78.4 Å². The van der Waals surface area contributed by atoms with Crippen molar-refractivity contribution in [3.63, 3.8) is 0 Å². The Hall–Kier alpha value is -5.93. The van der Waals surface area contributed by atoms with Crippen LogP contribution in [0.25, 0.3) is 22.3 Å². The normalized spacial score (nSPS) is 11.9. The van der Waals surface area contributed by atoms with Crippen LogP contribution in [0.5, 0.6) is 34.5 Å². The fourth-order valence-electron chi connectivity index (χ4n) is 6.79. The van der Waals surface area contributed by atoms with Crippen LogP contribution in [0, 0.1) is 0 Å². The van der Waals surface area contributed by atoms with Gasteiger partial charge in [-0.3, -0.25) is 0 Å². The molecule has 0 unspecified atom stereocenters. The van der Waals surface area contributed by atoms with Crippen molar-refractivity contribution in [2.24, 2.45) is 0 Å². The predicted octanol–water partition coefficient (Wildman–Crippen LogP) is 12.3. The molecule has 0 radical (unpaired) electrons. The van der Waals surface area contributed by atoms with Crippen LogP contribution < -0.4 is 18.9 Å². The van der Waals surface area contributed by atoms with Gasteiger partial charge in [-0.1, -0.05) is 90.1 Å². The maximum Gasteiger partial charge on any atom is 0.207 e. The first-order chi connectivity index (χ1) is 29.1. The third kappa shape index (κ3) is 12.1. The molecule has 0 aliphatic rings. The van der Waals surface area contributed by atoms with Crippen LogP contribution in [0.4, 0.5) is 0 Å². The van der Waals surface area contributed by atoms with Gasteiger partial charge in [0.1, 0.15) is 34.5 Å². The summed E-state index contributed by atoms with van der Waals surface area (Å²) in [6, 6.07) is 39.2. The van der Waals surface area contributed by atoms with Gasteiger partial charge in [-0.15, -0.1) is 0 Å². The van der Waals surface area contributed by atoms with E-state index in [1.807, 2.05) is 24.3 Å². The minimum atomic E-state index is -4.16. The van der Waals surface area contributed by atoms with Crippen molar-refractivity contribution in [1.82, 2.24) is 0 Å². The average molecular weight is 843 g/mol. The largest absolute Gasteiger partial charge is 0.508 e. The van der Waals surface area contributed by atoms with Gasteiger partial charge < -0.3 is 29.2 Å². The van der Waals surface area contributed by atoms with Crippen molar-refractivity contribution in [3.05, 3.63) is 145 Å². The van der Waals surface area contributed by atoms with Crippen LogP contribution >= 0.6 is 0 Å². The van der Waals surface area contributed by atoms with E-state index in [4.69, 9.17) is 18.9 Å². The molecule has 0 aliphatic heterocycles. The van der Waals surface area contributed by atoms with Gasteiger partial charge in [0.05, 0.1) is 36.2 Å². The lowest BCUT2D eigenvalue weighted by Crippen LogP contribution is -2.10. The van der Waals surface area contributed by atoms with Crippen LogP contribution in [0.2, 0.25) is 0 Å². The fraction of sp³-hybridized carbons (Fsp3) is 0.308. The van der Waals surface area contributed by atoms with Crippen molar-refractivity contribution < 1.29 is 37.6 Å². The number of unbranched alkanes of at least 4 members (excludes halogenated alkanes) is 2. The van der Waals surface area contributed by atoms with Crippen molar-refractivity contribution in [1.29, 1.82) is 0 Å². The fourth-order valence-corrected chi connectivity index (χ4v) is 8.45. The van der Waals surface area contributed by atoms with E-state index in [0.717, 1.165) is 37.2 Å². The molecule has 6 aromatic carbocycles. The SMILES string of the molecule is CC(C)(C)c1ccc(OCCCCOc2ccc(S(=O)(=O)c3ccc(OCCCCOc4ccc(C(C)(C)C)cc4)cc3-c3ccc(O)cc3)c(-c3ccc(O)cc3)c2)cc1. The molecule has 0 aliphatic carbocycles. The monoisotopic (exact) mass is 842 g/mol. The maximum absolute atomic E-state index is 14.8. The van der Waals surface area contributed by atoms with Crippen molar-refractivity contribution >= 4 is 9.84 Å². The number of sulfone groups is 1. The summed E-state index contributed by atoms with van der Waals surface area (Å²) in [6.07, 6.45) is 3.02. The van der Waals surface area contributed by atoms with E-state index in [2.05, 4.69) is 65.8 Å². The van der Waals surface area contributed by atoms with Crippen molar-refractivity contribution in [2.45, 2.75) is 87.8 Å². The highest BCUT2D eigenvalue weighted by Crippen LogP contribution is 2.40. The Bertz CT molecular complexity index is 2280. The predicted molar refractivity (Wildman–Crippen MR) is 243 cm³/mol. The minimum Gasteiger partial charge on any atom is -0.508 e. The number of ether oxygens (including phenoxy) is 4. The number of phenolic OH excluding ortho intramolecular Hbond substituents is 2. The lowest BCUT2D eigenvalue weighted by atomic mass is 9.87. The number of rotatable bonds is 18. The second-order valence-electron chi connectivity index (χ2n) is 17.3. The van der Waals surface area contributed by atoms with Crippen LogP contribution in [-0.4, -0.2) is 45.1 Å². The smallest absolute Gasteiger partial charge is 0.207 e. The minimum absolute atomic E-state index is 0.0663. The average Bonchev–Trinajstić information content (AvgIpc) is 3.23. The van der Waals surface area contributed by atoms with Gasteiger partial charge >= 0.3 is 0 Å². The second-order valence-corrected chi connectivity index (χ2v) is 19.2. The summed E-state index contributed by atoms with van der Waals surface area (Å²) >= 11 is 0. The van der Waals surface area contributed by atoms with E-state index >= 15 is 0 Å². The molecule has 0 saturated heterocycles. The second kappa shape index (κ2) is 19.6. The van der Waals surface area contributed by atoms with Gasteiger partial charge in [0, 0.05) is 11.1 Å². The number of benzene rings is 6. The zero-order chi connectivity index (χ0) is 43.6. The molecule has 0 atom stereocenters. The molecule has 0 amide bonds. The Labute approximate surface area is 361 Å². The molecule has 0 bridgehead atoms. The number of aromatic hydroxyl groups is 2. The summed E-state index contributed by atoms with van der Waals surface area (Å²) in [5, 5.41) is 20.1. The molecule has 6 aromatic rings. The molecule has 0 saturated carbocycles. The Morgan fingerprint density at radius 3 is 1.02 bits per heavy atom. The molecule has 8 nitrogen and oxygen atoms in total. The zero-order valence-electron chi connectivity index (χ0n) is 36.1. The molecule has 0 fully saturated rings. The first-order valence-electron chi connectivity index (χ1n) is 20.9. The Balaban J connectivity index is 1.15. The van der Waals surface area contributed by atoms with Gasteiger partial charge in [-0.25, -0.2) is 8.42 Å². The summed E-state index contributed by atoms with van der Waals surface area (Å²) in [7, 11) is -4.16. The molecule has 320 valence electrons. The Kier molecular flexibility index (Phi) is 14.4. The molecule has 61 heavy (non-hydrogen) atoms. The standard InChI is InChI=1S/C52H58O8S/c1-51(2,3)39-15-23-43(24-16-39)57-31-7-9-33-59-45-27-29-49(47(35-45)37-11-19-41(53)20-12-37)61(55,56)50-30-28-46(36-48(50)38-13-21-42(54)22-14-38)60-34-10-8-32-58-44-25-17-40(18-26-44)52(4,5)6/h11-30,35-36,53-54H,7-10,31-34H2,1-6H3. The lowest BCUT2D eigenvalue weighted by molar-refractivity contribution is 0.266. The topological polar surface area (TPSA) is 112 Å². The van der Waals surface area contributed by atoms with E-state index < -0.39 is 9.84 Å². The van der Waals surface area contributed by atoms with Crippen molar-refractivity contribution in [2.75, 3.05) is 26.4 Å². The van der Waals surface area contributed by atoms with E-state index in [1.54, 1.807) is 60.7 Å². The molecule has 0 spiro atoms. The summed E-state index contributed by atoms with van der Waals surface area (Å²) in [4.78, 5) is 0.163. The first kappa shape index (κ1) is 44.6. The number of hydrogen-bond donors (Lipinski definition) is 2. The first-order valence-corrected chi connectivity index (χ1v) is 22.4. The molecule has 9 heteroatoms. The Morgan fingerprint density at radius 1 is 0.410 bits per heavy atom. The molecule has 0 heterocycles. The van der Waals surface area contributed by atoms with E-state index in [-0.39, 0.29) is 32.1 Å². The van der Waals surface area contributed by atoms with E-state index in [0.29, 0.717) is 60.2 Å². The zero-order valence-corrected chi connectivity index (χ0v) is 36.9. The van der Waals surface area contributed by atoms with Crippen LogP contribution in [-0.2, 0) is 20.7 Å². The summed E-state index contributed by atoms with van der Waals surface area (Å²) < 4.78 is 53.8. The summed E-state index contributed by atoms with van der Waals surface area (Å²) in [5.41, 5.74) is 4.73. The lowest BCUT2D eigenvalue weighted by Gasteiger charge is -2.19. The summed E-state index contributed by atoms with van der Waals surface area (Å²) in [5.74, 6) is 2.83. The highest BCUT2D eigenvalue weighted by atomic mass is 32.2.